The van der Waals surface area contributed by atoms with Crippen molar-refractivity contribution in [3.05, 3.63) is 30.1 Å². The van der Waals surface area contributed by atoms with E-state index in [1.165, 1.54) is 12.1 Å². The highest BCUT2D eigenvalue weighted by Crippen LogP contribution is 2.13. The van der Waals surface area contributed by atoms with Gasteiger partial charge in [-0.3, -0.25) is 4.79 Å². The molecule has 0 aliphatic rings. The molecule has 0 unspecified atom stereocenters. The number of benzene rings is 1. The van der Waals surface area contributed by atoms with Crippen LogP contribution in [0.5, 0.6) is 0 Å². The summed E-state index contributed by atoms with van der Waals surface area (Å²) in [6.07, 6.45) is 0.839. The van der Waals surface area contributed by atoms with Crippen molar-refractivity contribution >= 4 is 15.6 Å². The van der Waals surface area contributed by atoms with Crippen molar-refractivity contribution in [1.82, 2.24) is 0 Å². The Morgan fingerprint density at radius 2 is 2.06 bits per heavy atom. The van der Waals surface area contributed by atoms with Gasteiger partial charge in [-0.2, -0.15) is 0 Å². The van der Waals surface area contributed by atoms with E-state index in [9.17, 15) is 17.6 Å². The molecule has 0 saturated heterocycles. The molecule has 0 spiro atoms. The van der Waals surface area contributed by atoms with E-state index in [4.69, 9.17) is 0 Å². The Balaban J connectivity index is 2.90. The average molecular weight is 244 g/mol. The molecule has 0 aliphatic carbocycles. The molecule has 0 amide bonds. The summed E-state index contributed by atoms with van der Waals surface area (Å²) in [7, 11) is -3.69. The van der Waals surface area contributed by atoms with Crippen molar-refractivity contribution in [2.75, 3.05) is 5.75 Å². The van der Waals surface area contributed by atoms with Gasteiger partial charge >= 0.3 is 0 Å². The lowest BCUT2D eigenvalue weighted by Crippen LogP contribution is -2.15. The summed E-state index contributed by atoms with van der Waals surface area (Å²) in [6, 6.07) is 4.69. The van der Waals surface area contributed by atoms with Gasteiger partial charge in [0.15, 0.2) is 9.84 Å². The molecule has 0 atom stereocenters. The third kappa shape index (κ3) is 3.41. The molecular weight excluding hydrogens is 231 g/mol. The maximum Gasteiger partial charge on any atom is 0.185 e. The van der Waals surface area contributed by atoms with E-state index in [1.807, 2.05) is 0 Å². The highest BCUT2D eigenvalue weighted by atomic mass is 32.2. The Morgan fingerprint density at radius 1 is 1.38 bits per heavy atom. The van der Waals surface area contributed by atoms with Crippen LogP contribution < -0.4 is 0 Å². The van der Waals surface area contributed by atoms with Gasteiger partial charge in [-0.05, 0) is 24.6 Å². The van der Waals surface area contributed by atoms with Gasteiger partial charge in [-0.15, -0.1) is 0 Å². The van der Waals surface area contributed by atoms with E-state index in [0.29, 0.717) is 6.42 Å². The van der Waals surface area contributed by atoms with Crippen molar-refractivity contribution in [2.45, 2.75) is 24.7 Å². The minimum Gasteiger partial charge on any atom is -0.299 e. The number of ketones is 1. The predicted molar refractivity (Wildman–Crippen MR) is 58.4 cm³/mol. The summed E-state index contributed by atoms with van der Waals surface area (Å²) in [4.78, 5) is 11.1. The number of carbonyl (C=O) groups excluding carboxylic acids is 1. The van der Waals surface area contributed by atoms with Crippen LogP contribution in [0.3, 0.4) is 0 Å². The van der Waals surface area contributed by atoms with Crippen molar-refractivity contribution in [3.8, 4) is 0 Å². The number of sulfone groups is 1. The number of carbonyl (C=O) groups is 1. The number of rotatable bonds is 5. The van der Waals surface area contributed by atoms with Gasteiger partial charge in [-0.1, -0.05) is 13.0 Å². The van der Waals surface area contributed by atoms with E-state index < -0.39 is 21.4 Å². The summed E-state index contributed by atoms with van der Waals surface area (Å²) < 4.78 is 36.2. The summed E-state index contributed by atoms with van der Waals surface area (Å²) in [5, 5.41) is 0. The van der Waals surface area contributed by atoms with Gasteiger partial charge < -0.3 is 0 Å². The topological polar surface area (TPSA) is 51.2 Å². The molecule has 1 aromatic carbocycles. The zero-order valence-corrected chi connectivity index (χ0v) is 9.76. The molecule has 1 rings (SSSR count). The molecule has 88 valence electrons. The summed E-state index contributed by atoms with van der Waals surface area (Å²) >= 11 is 0. The third-order valence-electron chi connectivity index (χ3n) is 2.04. The van der Waals surface area contributed by atoms with E-state index >= 15 is 0 Å². The van der Waals surface area contributed by atoms with E-state index in [1.54, 1.807) is 6.92 Å². The van der Waals surface area contributed by atoms with Crippen molar-refractivity contribution < 1.29 is 17.6 Å². The summed E-state index contributed by atoms with van der Waals surface area (Å²) in [5.74, 6) is -1.51. The fraction of sp³-hybridized carbons (Fsp3) is 0.364. The fourth-order valence-electron chi connectivity index (χ4n) is 1.31. The number of hydrogen-bond acceptors (Lipinski definition) is 3. The van der Waals surface area contributed by atoms with Crippen LogP contribution in [-0.2, 0) is 14.6 Å². The molecule has 16 heavy (non-hydrogen) atoms. The van der Waals surface area contributed by atoms with E-state index in [-0.39, 0.29) is 17.1 Å². The van der Waals surface area contributed by atoms with Crippen molar-refractivity contribution in [1.29, 1.82) is 0 Å². The molecular formula is C11H13FO3S. The smallest absolute Gasteiger partial charge is 0.185 e. The van der Waals surface area contributed by atoms with Gasteiger partial charge in [0, 0.05) is 6.42 Å². The van der Waals surface area contributed by atoms with Crippen LogP contribution in [0.1, 0.15) is 19.8 Å². The second kappa shape index (κ2) is 5.21. The molecule has 0 fully saturated rings. The lowest BCUT2D eigenvalue weighted by Gasteiger charge is -2.03. The molecule has 0 radical (unpaired) electrons. The van der Waals surface area contributed by atoms with E-state index in [0.717, 1.165) is 12.1 Å². The highest BCUT2D eigenvalue weighted by Gasteiger charge is 2.18. The molecule has 0 N–H and O–H groups in total. The SMILES string of the molecule is CCCC(=O)CS(=O)(=O)c1cccc(F)c1. The molecule has 5 heteroatoms. The van der Waals surface area contributed by atoms with Gasteiger partial charge in [0.2, 0.25) is 0 Å². The number of hydrogen-bond donors (Lipinski definition) is 0. The lowest BCUT2D eigenvalue weighted by atomic mass is 10.3. The van der Waals surface area contributed by atoms with Crippen LogP contribution in [0.4, 0.5) is 4.39 Å². The molecule has 0 aromatic heterocycles. The van der Waals surface area contributed by atoms with Crippen LogP contribution >= 0.6 is 0 Å². The zero-order valence-electron chi connectivity index (χ0n) is 8.94. The Kier molecular flexibility index (Phi) is 4.18. The zero-order chi connectivity index (χ0) is 12.2. The first-order valence-corrected chi connectivity index (χ1v) is 6.61. The predicted octanol–water partition coefficient (Wildman–Crippen LogP) is 1.97. The van der Waals surface area contributed by atoms with Gasteiger partial charge in [-0.25, -0.2) is 12.8 Å². The largest absolute Gasteiger partial charge is 0.299 e. The molecule has 3 nitrogen and oxygen atoms in total. The molecule has 0 bridgehead atoms. The monoisotopic (exact) mass is 244 g/mol. The summed E-state index contributed by atoms with van der Waals surface area (Å²) in [6.45, 7) is 1.80. The maximum atomic E-state index is 12.8. The van der Waals surface area contributed by atoms with Gasteiger partial charge in [0.05, 0.1) is 4.90 Å². The Labute approximate surface area is 94.2 Å². The summed E-state index contributed by atoms with van der Waals surface area (Å²) in [5.41, 5.74) is 0. The Morgan fingerprint density at radius 3 is 2.62 bits per heavy atom. The lowest BCUT2D eigenvalue weighted by molar-refractivity contribution is -0.116. The van der Waals surface area contributed by atoms with Crippen LogP contribution in [0.25, 0.3) is 0 Å². The second-order valence-corrected chi connectivity index (χ2v) is 5.49. The maximum absolute atomic E-state index is 12.8. The minimum absolute atomic E-state index is 0.142. The van der Waals surface area contributed by atoms with E-state index in [2.05, 4.69) is 0 Å². The van der Waals surface area contributed by atoms with Crippen LogP contribution in [-0.4, -0.2) is 20.0 Å². The van der Waals surface area contributed by atoms with Crippen molar-refractivity contribution in [2.24, 2.45) is 0 Å². The minimum atomic E-state index is -3.69. The third-order valence-corrected chi connectivity index (χ3v) is 3.71. The van der Waals surface area contributed by atoms with Crippen LogP contribution in [0, 0.1) is 5.82 Å². The Hall–Kier alpha value is -1.23. The Bertz CT molecular complexity index is 480. The fourth-order valence-corrected chi connectivity index (χ4v) is 2.62. The van der Waals surface area contributed by atoms with Gasteiger partial charge in [0.1, 0.15) is 17.4 Å². The number of Topliss-reactive ketones (excluding diaryl/α,β-unsaturated/α-hetero) is 1. The molecule has 1 aromatic rings. The van der Waals surface area contributed by atoms with Crippen molar-refractivity contribution in [3.63, 3.8) is 0 Å². The first-order valence-electron chi connectivity index (χ1n) is 4.95. The number of halogens is 1. The van der Waals surface area contributed by atoms with Crippen LogP contribution in [0.15, 0.2) is 29.2 Å². The molecule has 0 saturated carbocycles. The first kappa shape index (κ1) is 12.8. The average Bonchev–Trinajstić information content (AvgIpc) is 2.17. The first-order chi connectivity index (χ1) is 7.45. The van der Waals surface area contributed by atoms with Gasteiger partial charge in [0.25, 0.3) is 0 Å². The highest BCUT2D eigenvalue weighted by molar-refractivity contribution is 7.92. The molecule has 0 aliphatic heterocycles. The normalized spacial score (nSPS) is 11.4. The second-order valence-electron chi connectivity index (χ2n) is 3.51. The standard InChI is InChI=1S/C11H13FO3S/c1-2-4-10(13)8-16(14,15)11-6-3-5-9(12)7-11/h3,5-7H,2,4,8H2,1H3. The quantitative estimate of drug-likeness (QED) is 0.795. The molecule has 0 heterocycles. The van der Waals surface area contributed by atoms with Crippen LogP contribution in [0.2, 0.25) is 0 Å².